The van der Waals surface area contributed by atoms with Crippen LogP contribution in [0.4, 0.5) is 4.39 Å². The topological polar surface area (TPSA) is 43.7 Å². The molecule has 1 fully saturated rings. The van der Waals surface area contributed by atoms with Crippen molar-refractivity contribution in [2.45, 2.75) is 38.3 Å². The van der Waals surface area contributed by atoms with Gasteiger partial charge < -0.3 is 10.2 Å². The summed E-state index contributed by atoms with van der Waals surface area (Å²) in [6.07, 6.45) is 3.88. The first-order valence-corrected chi connectivity index (χ1v) is 7.47. The highest BCUT2D eigenvalue weighted by molar-refractivity contribution is 5.37. The van der Waals surface area contributed by atoms with Crippen LogP contribution in [0, 0.1) is 17.7 Å². The SMILES string of the molecule is OCCC#Cc1ccc(CN(CCO)C2CCC2)c(F)c1. The molecule has 0 aromatic heterocycles. The summed E-state index contributed by atoms with van der Waals surface area (Å²) in [7, 11) is 0. The molecule has 0 radical (unpaired) electrons. The maximum absolute atomic E-state index is 14.1. The third-order valence-corrected chi connectivity index (χ3v) is 3.87. The van der Waals surface area contributed by atoms with Gasteiger partial charge in [0, 0.05) is 36.7 Å². The van der Waals surface area contributed by atoms with Crippen molar-refractivity contribution in [1.29, 1.82) is 0 Å². The Morgan fingerprint density at radius 1 is 1.24 bits per heavy atom. The maximum Gasteiger partial charge on any atom is 0.128 e. The van der Waals surface area contributed by atoms with Crippen LogP contribution in [0.5, 0.6) is 0 Å². The van der Waals surface area contributed by atoms with Crippen molar-refractivity contribution in [2.24, 2.45) is 0 Å². The van der Waals surface area contributed by atoms with Crippen LogP contribution in [0.15, 0.2) is 18.2 Å². The Kier molecular flexibility index (Phi) is 6.19. The molecule has 1 aliphatic rings. The molecular formula is C17H22FNO2. The van der Waals surface area contributed by atoms with Crippen molar-refractivity contribution in [3.8, 4) is 11.8 Å². The molecule has 2 rings (SSSR count). The molecule has 0 heterocycles. The minimum atomic E-state index is -0.256. The second-order valence-electron chi connectivity index (χ2n) is 5.36. The molecule has 4 heteroatoms. The van der Waals surface area contributed by atoms with E-state index in [1.165, 1.54) is 12.5 Å². The molecule has 2 N–H and O–H groups in total. The zero-order chi connectivity index (χ0) is 15.1. The van der Waals surface area contributed by atoms with Crippen LogP contribution in [-0.2, 0) is 6.54 Å². The van der Waals surface area contributed by atoms with Crippen LogP contribution >= 0.6 is 0 Å². The lowest BCUT2D eigenvalue weighted by molar-refractivity contribution is 0.0935. The van der Waals surface area contributed by atoms with Gasteiger partial charge in [0.05, 0.1) is 13.2 Å². The van der Waals surface area contributed by atoms with Gasteiger partial charge in [0.1, 0.15) is 5.82 Å². The first kappa shape index (κ1) is 16.0. The lowest BCUT2D eigenvalue weighted by Gasteiger charge is -2.37. The fraction of sp³-hybridized carbons (Fsp3) is 0.529. The van der Waals surface area contributed by atoms with Crippen LogP contribution in [-0.4, -0.2) is 40.9 Å². The number of hydrogen-bond donors (Lipinski definition) is 2. The molecule has 1 saturated carbocycles. The first-order chi connectivity index (χ1) is 10.2. The summed E-state index contributed by atoms with van der Waals surface area (Å²) in [6, 6.07) is 5.49. The van der Waals surface area contributed by atoms with E-state index in [2.05, 4.69) is 16.7 Å². The summed E-state index contributed by atoms with van der Waals surface area (Å²) in [5, 5.41) is 17.8. The molecule has 0 unspecified atom stereocenters. The zero-order valence-corrected chi connectivity index (χ0v) is 12.2. The van der Waals surface area contributed by atoms with E-state index >= 15 is 0 Å². The third-order valence-electron chi connectivity index (χ3n) is 3.87. The highest BCUT2D eigenvalue weighted by atomic mass is 19.1. The molecule has 0 atom stereocenters. The van der Waals surface area contributed by atoms with Crippen molar-refractivity contribution < 1.29 is 14.6 Å². The average Bonchev–Trinajstić information content (AvgIpc) is 2.40. The van der Waals surface area contributed by atoms with E-state index in [1.54, 1.807) is 12.1 Å². The van der Waals surface area contributed by atoms with E-state index in [-0.39, 0.29) is 19.0 Å². The number of rotatable bonds is 6. The van der Waals surface area contributed by atoms with Gasteiger partial charge in [-0.3, -0.25) is 4.90 Å². The molecule has 0 aliphatic heterocycles. The van der Waals surface area contributed by atoms with E-state index < -0.39 is 0 Å². The Labute approximate surface area is 125 Å². The number of aliphatic hydroxyl groups excluding tert-OH is 2. The Morgan fingerprint density at radius 3 is 2.62 bits per heavy atom. The molecule has 1 aromatic carbocycles. The van der Waals surface area contributed by atoms with Gasteiger partial charge in [0.15, 0.2) is 0 Å². The lowest BCUT2D eigenvalue weighted by atomic mass is 9.91. The predicted octanol–water partition coefficient (Wildman–Crippen LogP) is 1.91. The monoisotopic (exact) mass is 291 g/mol. The maximum atomic E-state index is 14.1. The number of benzene rings is 1. The van der Waals surface area contributed by atoms with E-state index in [9.17, 15) is 4.39 Å². The summed E-state index contributed by atoms with van der Waals surface area (Å²) in [5.74, 6) is 5.36. The highest BCUT2D eigenvalue weighted by Gasteiger charge is 2.25. The molecule has 114 valence electrons. The van der Waals surface area contributed by atoms with Crippen LogP contribution in [0.3, 0.4) is 0 Å². The zero-order valence-electron chi connectivity index (χ0n) is 12.2. The van der Waals surface area contributed by atoms with Gasteiger partial charge in [-0.15, -0.1) is 0 Å². The standard InChI is InChI=1S/C17H22FNO2/c18-17-12-14(4-1-2-10-20)7-8-15(17)13-19(9-11-21)16-5-3-6-16/h7-8,12,16,20-21H,2-3,5-6,9-11,13H2. The van der Waals surface area contributed by atoms with Crippen LogP contribution in [0.1, 0.15) is 36.8 Å². The fourth-order valence-electron chi connectivity index (χ4n) is 2.46. The smallest absolute Gasteiger partial charge is 0.128 e. The summed E-state index contributed by atoms with van der Waals surface area (Å²) < 4.78 is 14.1. The second-order valence-corrected chi connectivity index (χ2v) is 5.36. The highest BCUT2D eigenvalue weighted by Crippen LogP contribution is 2.26. The number of halogens is 1. The van der Waals surface area contributed by atoms with Crippen molar-refractivity contribution in [3.63, 3.8) is 0 Å². The number of hydrogen-bond acceptors (Lipinski definition) is 3. The van der Waals surface area contributed by atoms with Crippen molar-refractivity contribution in [3.05, 3.63) is 35.1 Å². The Morgan fingerprint density at radius 2 is 2.05 bits per heavy atom. The van der Waals surface area contributed by atoms with Crippen molar-refractivity contribution in [1.82, 2.24) is 4.90 Å². The van der Waals surface area contributed by atoms with Crippen LogP contribution < -0.4 is 0 Å². The minimum absolute atomic E-state index is 0.0189. The molecule has 0 amide bonds. The molecular weight excluding hydrogens is 269 g/mol. The predicted molar refractivity (Wildman–Crippen MR) is 80.1 cm³/mol. The first-order valence-electron chi connectivity index (χ1n) is 7.47. The third kappa shape index (κ3) is 4.53. The van der Waals surface area contributed by atoms with E-state index in [0.717, 1.165) is 12.8 Å². The van der Waals surface area contributed by atoms with Gasteiger partial charge in [-0.25, -0.2) is 4.39 Å². The van der Waals surface area contributed by atoms with Gasteiger partial charge in [0.25, 0.3) is 0 Å². The molecule has 1 aromatic rings. The molecule has 1 aliphatic carbocycles. The summed E-state index contributed by atoms with van der Waals surface area (Å²) >= 11 is 0. The number of aliphatic hydroxyl groups is 2. The molecule has 0 saturated heterocycles. The van der Waals surface area contributed by atoms with Crippen LogP contribution in [0.2, 0.25) is 0 Å². The summed E-state index contributed by atoms with van der Waals surface area (Å²) in [4.78, 5) is 2.15. The summed E-state index contributed by atoms with van der Waals surface area (Å²) in [5.41, 5.74) is 1.27. The van der Waals surface area contributed by atoms with Gasteiger partial charge >= 0.3 is 0 Å². The van der Waals surface area contributed by atoms with E-state index in [1.807, 2.05) is 0 Å². The molecule has 3 nitrogen and oxygen atoms in total. The van der Waals surface area contributed by atoms with Gasteiger partial charge in [-0.05, 0) is 25.0 Å². The summed E-state index contributed by atoms with van der Waals surface area (Å²) in [6.45, 7) is 1.23. The van der Waals surface area contributed by atoms with Gasteiger partial charge in [-0.1, -0.05) is 24.3 Å². The van der Waals surface area contributed by atoms with Crippen LogP contribution in [0.25, 0.3) is 0 Å². The second kappa shape index (κ2) is 8.14. The Bertz CT molecular complexity index is 517. The molecule has 21 heavy (non-hydrogen) atoms. The van der Waals surface area contributed by atoms with Crippen molar-refractivity contribution >= 4 is 0 Å². The average molecular weight is 291 g/mol. The Hall–Kier alpha value is -1.41. The van der Waals surface area contributed by atoms with Crippen molar-refractivity contribution in [2.75, 3.05) is 19.8 Å². The van der Waals surface area contributed by atoms with Gasteiger partial charge in [-0.2, -0.15) is 0 Å². The Balaban J connectivity index is 2.04. The number of nitrogens with zero attached hydrogens (tertiary/aromatic N) is 1. The lowest BCUT2D eigenvalue weighted by Crippen LogP contribution is -2.41. The largest absolute Gasteiger partial charge is 0.395 e. The normalized spacial score (nSPS) is 14.7. The van der Waals surface area contributed by atoms with E-state index in [4.69, 9.17) is 10.2 Å². The molecule has 0 spiro atoms. The fourth-order valence-corrected chi connectivity index (χ4v) is 2.46. The minimum Gasteiger partial charge on any atom is -0.395 e. The quantitative estimate of drug-likeness (QED) is 0.787. The van der Waals surface area contributed by atoms with E-state index in [0.29, 0.717) is 36.7 Å². The van der Waals surface area contributed by atoms with Gasteiger partial charge in [0.2, 0.25) is 0 Å². The molecule has 0 bridgehead atoms.